The lowest BCUT2D eigenvalue weighted by Gasteiger charge is -2.13. The average Bonchev–Trinajstić information content (AvgIpc) is 3.01. The molecule has 0 atom stereocenters. The molecule has 0 N–H and O–H groups in total. The number of nitrogens with zero attached hydrogens (tertiary/aromatic N) is 2. The molecule has 0 amide bonds. The quantitative estimate of drug-likeness (QED) is 0.687. The highest BCUT2D eigenvalue weighted by Crippen LogP contribution is 2.36. The number of aldehydes is 1. The van der Waals surface area contributed by atoms with E-state index in [2.05, 4.69) is 11.1 Å². The van der Waals surface area contributed by atoms with Gasteiger partial charge in [0, 0.05) is 17.1 Å². The maximum absolute atomic E-state index is 11.5. The summed E-state index contributed by atoms with van der Waals surface area (Å²) in [5.74, 6) is 0.803. The zero-order valence-electron chi connectivity index (χ0n) is 12.2. The first kappa shape index (κ1) is 13.8. The van der Waals surface area contributed by atoms with Crippen LogP contribution in [-0.4, -0.2) is 22.3 Å². The van der Waals surface area contributed by atoms with Gasteiger partial charge >= 0.3 is 0 Å². The smallest absolute Gasteiger partial charge is 0.194 e. The number of thiazole rings is 1. The van der Waals surface area contributed by atoms with Crippen molar-refractivity contribution in [2.75, 3.05) is 6.61 Å². The molecule has 0 radical (unpaired) electrons. The molecule has 0 saturated heterocycles. The van der Waals surface area contributed by atoms with Gasteiger partial charge in [-0.15, -0.1) is 11.3 Å². The largest absolute Gasteiger partial charge is 0.493 e. The Morgan fingerprint density at radius 2 is 2.19 bits per heavy atom. The number of hydrogen-bond acceptors (Lipinski definition) is 4. The van der Waals surface area contributed by atoms with E-state index in [-0.39, 0.29) is 0 Å². The van der Waals surface area contributed by atoms with Gasteiger partial charge in [-0.25, -0.2) is 4.98 Å². The molecule has 2 aromatic heterocycles. The van der Waals surface area contributed by atoms with Crippen molar-refractivity contribution in [2.45, 2.75) is 20.8 Å². The number of carbonyl (C=O) groups excluding carboxylic acids is 1. The minimum Gasteiger partial charge on any atom is -0.493 e. The second-order valence-electron chi connectivity index (χ2n) is 4.91. The Morgan fingerprint density at radius 1 is 1.38 bits per heavy atom. The summed E-state index contributed by atoms with van der Waals surface area (Å²) in [6.07, 6.45) is 2.72. The number of carbonyl (C=O) groups is 1. The van der Waals surface area contributed by atoms with Crippen LogP contribution in [0.4, 0.5) is 0 Å². The molecule has 5 heteroatoms. The van der Waals surface area contributed by atoms with Crippen LogP contribution in [0.15, 0.2) is 23.7 Å². The number of fused-ring (bicyclic) bond motifs is 1. The maximum Gasteiger partial charge on any atom is 0.194 e. The van der Waals surface area contributed by atoms with Gasteiger partial charge in [0.1, 0.15) is 17.1 Å². The zero-order chi connectivity index (χ0) is 15.0. The van der Waals surface area contributed by atoms with Crippen molar-refractivity contribution >= 4 is 22.6 Å². The second-order valence-corrected chi connectivity index (χ2v) is 5.78. The van der Waals surface area contributed by atoms with E-state index in [4.69, 9.17) is 4.74 Å². The van der Waals surface area contributed by atoms with Gasteiger partial charge in [-0.1, -0.05) is 6.07 Å². The van der Waals surface area contributed by atoms with Gasteiger partial charge in [-0.05, 0) is 38.0 Å². The third-order valence-corrected chi connectivity index (χ3v) is 4.13. The van der Waals surface area contributed by atoms with Crippen LogP contribution in [-0.2, 0) is 0 Å². The van der Waals surface area contributed by atoms with Crippen LogP contribution >= 0.6 is 11.3 Å². The maximum atomic E-state index is 11.5. The number of imidazole rings is 1. The summed E-state index contributed by atoms with van der Waals surface area (Å²) in [7, 11) is 0. The Labute approximate surface area is 127 Å². The molecule has 0 spiro atoms. The first-order valence-electron chi connectivity index (χ1n) is 6.80. The van der Waals surface area contributed by atoms with E-state index in [1.807, 2.05) is 42.8 Å². The summed E-state index contributed by atoms with van der Waals surface area (Å²) in [5.41, 5.74) is 4.32. The monoisotopic (exact) mass is 300 g/mol. The Morgan fingerprint density at radius 3 is 2.90 bits per heavy atom. The van der Waals surface area contributed by atoms with E-state index in [0.29, 0.717) is 18.0 Å². The molecule has 0 aliphatic carbocycles. The van der Waals surface area contributed by atoms with Crippen LogP contribution < -0.4 is 4.74 Å². The van der Waals surface area contributed by atoms with Crippen molar-refractivity contribution in [1.82, 2.24) is 9.38 Å². The van der Waals surface area contributed by atoms with Crippen molar-refractivity contribution in [2.24, 2.45) is 0 Å². The van der Waals surface area contributed by atoms with E-state index in [0.717, 1.165) is 33.7 Å². The molecule has 0 unspecified atom stereocenters. The third kappa shape index (κ3) is 2.23. The van der Waals surface area contributed by atoms with Crippen molar-refractivity contribution in [3.63, 3.8) is 0 Å². The lowest BCUT2D eigenvalue weighted by atomic mass is 10.0. The van der Waals surface area contributed by atoms with Gasteiger partial charge in [0.15, 0.2) is 11.2 Å². The Hall–Kier alpha value is -2.14. The SMILES string of the molecule is CCOc1c(C)cc(C)cc1-c1nc2sccn2c1C=O. The lowest BCUT2D eigenvalue weighted by molar-refractivity contribution is 0.111. The number of aromatic nitrogens is 2. The van der Waals surface area contributed by atoms with Crippen LogP contribution in [0.1, 0.15) is 28.5 Å². The number of benzene rings is 1. The normalized spacial score (nSPS) is 11.0. The van der Waals surface area contributed by atoms with E-state index in [9.17, 15) is 4.79 Å². The predicted molar refractivity (Wildman–Crippen MR) is 84.5 cm³/mol. The van der Waals surface area contributed by atoms with Crippen molar-refractivity contribution < 1.29 is 9.53 Å². The number of rotatable bonds is 4. The van der Waals surface area contributed by atoms with Gasteiger partial charge in [0.2, 0.25) is 0 Å². The lowest BCUT2D eigenvalue weighted by Crippen LogP contribution is -1.99. The standard InChI is InChI=1S/C16H16N2O2S/c1-4-20-15-11(3)7-10(2)8-12(15)14-13(9-19)18-5-6-21-16(18)17-14/h5-9H,4H2,1-3H3. The fourth-order valence-electron chi connectivity index (χ4n) is 2.58. The van der Waals surface area contributed by atoms with Gasteiger partial charge < -0.3 is 4.74 Å². The Bertz CT molecular complexity index is 817. The first-order chi connectivity index (χ1) is 10.2. The van der Waals surface area contributed by atoms with E-state index in [1.165, 1.54) is 11.3 Å². The molecule has 0 bridgehead atoms. The first-order valence-corrected chi connectivity index (χ1v) is 7.68. The molecule has 1 aromatic carbocycles. The molecule has 4 nitrogen and oxygen atoms in total. The van der Waals surface area contributed by atoms with Gasteiger partial charge in [-0.2, -0.15) is 0 Å². The zero-order valence-corrected chi connectivity index (χ0v) is 13.0. The molecule has 0 aliphatic heterocycles. The minimum absolute atomic E-state index is 0.567. The molecular weight excluding hydrogens is 284 g/mol. The van der Waals surface area contributed by atoms with E-state index < -0.39 is 0 Å². The molecule has 2 heterocycles. The van der Waals surface area contributed by atoms with Crippen LogP contribution in [0.25, 0.3) is 16.2 Å². The fourth-order valence-corrected chi connectivity index (χ4v) is 3.30. The van der Waals surface area contributed by atoms with Crippen LogP contribution in [0.3, 0.4) is 0 Å². The highest BCUT2D eigenvalue weighted by atomic mass is 32.1. The topological polar surface area (TPSA) is 43.6 Å². The predicted octanol–water partition coefficient (Wildman–Crippen LogP) is 3.89. The summed E-state index contributed by atoms with van der Waals surface area (Å²) in [6, 6.07) is 4.10. The molecule has 108 valence electrons. The van der Waals surface area contributed by atoms with Crippen molar-refractivity contribution in [1.29, 1.82) is 0 Å². The summed E-state index contributed by atoms with van der Waals surface area (Å²) in [5, 5.41) is 1.92. The molecule has 0 aliphatic rings. The van der Waals surface area contributed by atoms with Crippen LogP contribution in [0.2, 0.25) is 0 Å². The summed E-state index contributed by atoms with van der Waals surface area (Å²) < 4.78 is 7.61. The number of aryl methyl sites for hydroxylation is 2. The number of ether oxygens (including phenoxy) is 1. The van der Waals surface area contributed by atoms with Crippen LogP contribution in [0, 0.1) is 13.8 Å². The second kappa shape index (κ2) is 5.33. The third-order valence-electron chi connectivity index (χ3n) is 3.37. The van der Waals surface area contributed by atoms with Crippen molar-refractivity contribution in [3.8, 4) is 17.0 Å². The fraction of sp³-hybridized carbons (Fsp3) is 0.250. The molecule has 3 aromatic rings. The minimum atomic E-state index is 0.567. The summed E-state index contributed by atoms with van der Waals surface area (Å²) in [6.45, 7) is 6.58. The van der Waals surface area contributed by atoms with Crippen LogP contribution in [0.5, 0.6) is 5.75 Å². The Kier molecular flexibility index (Phi) is 3.51. The highest BCUT2D eigenvalue weighted by molar-refractivity contribution is 7.15. The summed E-state index contributed by atoms with van der Waals surface area (Å²) >= 11 is 1.51. The molecule has 0 saturated carbocycles. The van der Waals surface area contributed by atoms with E-state index in [1.54, 1.807) is 0 Å². The Balaban J connectivity index is 2.31. The average molecular weight is 300 g/mol. The van der Waals surface area contributed by atoms with Gasteiger partial charge in [0.05, 0.1) is 6.61 Å². The molecular formula is C16H16N2O2S. The molecule has 3 rings (SSSR count). The van der Waals surface area contributed by atoms with Gasteiger partial charge in [0.25, 0.3) is 0 Å². The number of hydrogen-bond donors (Lipinski definition) is 0. The highest BCUT2D eigenvalue weighted by Gasteiger charge is 2.19. The van der Waals surface area contributed by atoms with E-state index >= 15 is 0 Å². The molecule has 21 heavy (non-hydrogen) atoms. The van der Waals surface area contributed by atoms with Crippen molar-refractivity contribution in [3.05, 3.63) is 40.5 Å². The molecule has 0 fully saturated rings. The summed E-state index contributed by atoms with van der Waals surface area (Å²) in [4.78, 5) is 16.9. The van der Waals surface area contributed by atoms with Gasteiger partial charge in [-0.3, -0.25) is 9.20 Å².